The van der Waals surface area contributed by atoms with E-state index in [1.807, 2.05) is 0 Å². The zero-order valence-corrected chi connectivity index (χ0v) is 71.7. The van der Waals surface area contributed by atoms with Crippen molar-refractivity contribution in [3.8, 4) is 0 Å². The Labute approximate surface area is 651 Å². The molecule has 0 bridgehead atoms. The van der Waals surface area contributed by atoms with E-state index in [-0.39, 0.29) is 25.7 Å². The minimum Gasteiger partial charge on any atom is -0.462 e. The summed E-state index contributed by atoms with van der Waals surface area (Å²) in [6.45, 7) is 12.0. The van der Waals surface area contributed by atoms with Crippen molar-refractivity contribution in [3.05, 3.63) is 0 Å². The molecule has 3 unspecified atom stereocenters. The van der Waals surface area contributed by atoms with Gasteiger partial charge in [0.15, 0.2) is 12.2 Å². The lowest BCUT2D eigenvalue weighted by Gasteiger charge is -2.21. The van der Waals surface area contributed by atoms with Crippen LogP contribution in [0.5, 0.6) is 0 Å². The number of ether oxygens (including phenoxy) is 4. The summed E-state index contributed by atoms with van der Waals surface area (Å²) in [6.07, 6.45) is 68.3. The predicted molar refractivity (Wildman–Crippen MR) is 437 cm³/mol. The third-order valence-electron chi connectivity index (χ3n) is 20.7. The fraction of sp³-hybridized carbons (Fsp3) is 0.954. The number of rotatable bonds is 85. The van der Waals surface area contributed by atoms with Crippen LogP contribution < -0.4 is 0 Å². The van der Waals surface area contributed by atoms with Crippen molar-refractivity contribution in [2.75, 3.05) is 39.6 Å². The lowest BCUT2D eigenvalue weighted by Crippen LogP contribution is -2.30. The lowest BCUT2D eigenvalue weighted by atomic mass is 9.99. The first-order chi connectivity index (χ1) is 51.3. The largest absolute Gasteiger partial charge is 0.472 e. The highest BCUT2D eigenvalue weighted by Crippen LogP contribution is 2.45. The molecule has 0 fully saturated rings. The number of phosphoric acid groups is 2. The molecule has 0 amide bonds. The molecule has 0 aromatic carbocycles. The Bertz CT molecular complexity index is 2050. The van der Waals surface area contributed by atoms with Gasteiger partial charge in [0.05, 0.1) is 26.4 Å². The monoisotopic (exact) mass is 1550 g/mol. The van der Waals surface area contributed by atoms with Crippen molar-refractivity contribution >= 4 is 39.5 Å². The Morgan fingerprint density at radius 2 is 0.481 bits per heavy atom. The van der Waals surface area contributed by atoms with Crippen molar-refractivity contribution in [3.63, 3.8) is 0 Å². The Balaban J connectivity index is 5.21. The second-order valence-corrected chi connectivity index (χ2v) is 35.4. The zero-order chi connectivity index (χ0) is 77.9. The number of esters is 4. The number of hydrogen-bond donors (Lipinski definition) is 3. The van der Waals surface area contributed by atoms with Crippen LogP contribution in [0.15, 0.2) is 0 Å². The molecule has 0 saturated carbocycles. The molecule has 6 atom stereocenters. The second-order valence-electron chi connectivity index (χ2n) is 32.5. The first-order valence-corrected chi connectivity index (χ1v) is 47.9. The Hall–Kier alpha value is -1.94. The number of carbonyl (C=O) groups is 4. The van der Waals surface area contributed by atoms with Crippen molar-refractivity contribution in [1.82, 2.24) is 0 Å². The first kappa shape index (κ1) is 104. The summed E-state index contributed by atoms with van der Waals surface area (Å²) < 4.78 is 68.9. The van der Waals surface area contributed by atoms with Crippen molar-refractivity contribution in [1.29, 1.82) is 0 Å². The van der Waals surface area contributed by atoms with Gasteiger partial charge in [0.2, 0.25) is 0 Å². The van der Waals surface area contributed by atoms with Gasteiger partial charge in [-0.3, -0.25) is 37.3 Å². The third-order valence-corrected chi connectivity index (χ3v) is 22.6. The maximum absolute atomic E-state index is 13.2. The van der Waals surface area contributed by atoms with Gasteiger partial charge in [0, 0.05) is 25.7 Å². The van der Waals surface area contributed by atoms with E-state index in [1.54, 1.807) is 0 Å². The maximum atomic E-state index is 13.2. The zero-order valence-electron chi connectivity index (χ0n) is 69.9. The Kier molecular flexibility index (Phi) is 75.6. The van der Waals surface area contributed by atoms with E-state index >= 15 is 0 Å². The van der Waals surface area contributed by atoms with Gasteiger partial charge in [0.25, 0.3) is 0 Å². The van der Waals surface area contributed by atoms with E-state index in [9.17, 15) is 43.2 Å². The SMILES string of the molecule is CCCCCCCCCCCCCCCCCCCCCCCC(=O)OC[C@H](COP(=O)(O)OC[C@@H](O)COP(=O)(O)OC[C@@H](COC(=O)CCCCCCCCCCC(C)C)OC(=O)CCCCCCCCCCCC(C)C)OC(=O)CCCCCCCCCCCCCCCCCCCCC(C)CC. The average Bonchev–Trinajstić information content (AvgIpc) is 0.900. The Morgan fingerprint density at radius 1 is 0.274 bits per heavy atom. The van der Waals surface area contributed by atoms with Gasteiger partial charge in [-0.25, -0.2) is 9.13 Å². The minimum absolute atomic E-state index is 0.105. The molecule has 106 heavy (non-hydrogen) atoms. The molecular formula is C87H170O17P2. The molecule has 0 spiro atoms. The molecule has 17 nitrogen and oxygen atoms in total. The van der Waals surface area contributed by atoms with Gasteiger partial charge in [0.1, 0.15) is 19.3 Å². The number of unbranched alkanes of at least 4 members (excludes halogenated alkanes) is 52. The van der Waals surface area contributed by atoms with E-state index in [0.29, 0.717) is 25.7 Å². The highest BCUT2D eigenvalue weighted by Gasteiger charge is 2.31. The molecule has 0 aromatic heterocycles. The molecule has 19 heteroatoms. The number of aliphatic hydroxyl groups excluding tert-OH is 1. The molecule has 3 N–H and O–H groups in total. The van der Waals surface area contributed by atoms with E-state index in [0.717, 1.165) is 108 Å². The van der Waals surface area contributed by atoms with Gasteiger partial charge in [-0.05, 0) is 43.4 Å². The molecule has 0 aliphatic heterocycles. The summed E-state index contributed by atoms with van der Waals surface area (Å²) in [4.78, 5) is 73.2. The van der Waals surface area contributed by atoms with Gasteiger partial charge in [-0.2, -0.15) is 0 Å². The number of carbonyl (C=O) groups excluding carboxylic acids is 4. The smallest absolute Gasteiger partial charge is 0.462 e. The fourth-order valence-corrected chi connectivity index (χ4v) is 15.1. The van der Waals surface area contributed by atoms with Crippen LogP contribution >= 0.6 is 15.6 Å². The summed E-state index contributed by atoms with van der Waals surface area (Å²) in [6, 6.07) is 0. The number of aliphatic hydroxyl groups is 1. The highest BCUT2D eigenvalue weighted by molar-refractivity contribution is 7.47. The van der Waals surface area contributed by atoms with Crippen LogP contribution in [-0.2, 0) is 65.4 Å². The fourth-order valence-electron chi connectivity index (χ4n) is 13.5. The third kappa shape index (κ3) is 78.7. The van der Waals surface area contributed by atoms with E-state index < -0.39 is 97.5 Å². The van der Waals surface area contributed by atoms with E-state index in [2.05, 4.69) is 48.5 Å². The van der Waals surface area contributed by atoms with Crippen LogP contribution in [0.4, 0.5) is 0 Å². The van der Waals surface area contributed by atoms with Crippen molar-refractivity contribution in [2.24, 2.45) is 17.8 Å². The quantitative estimate of drug-likeness (QED) is 0.0222. The standard InChI is InChI=1S/C87H170O17P2/c1-8-10-11-12-13-14-15-16-17-18-19-20-21-25-28-31-34-39-47-54-61-68-84(89)97-74-82(103-86(91)70-63-56-49-40-35-32-29-26-23-22-24-27-30-33-38-46-53-60-67-80(7)9-2)76-101-105(93,94)99-72-81(88)73-100-106(95,96)102-77-83(75-98-85(90)69-62-55-48-43-42-45-52-59-66-79(5)6)104-87(92)71-64-57-50-41-36-37-44-51-58-65-78(3)4/h78-83,88H,8-77H2,1-7H3,(H,93,94)(H,95,96)/t80?,81-,82-,83-/m1/s1. The van der Waals surface area contributed by atoms with Crippen LogP contribution in [0.25, 0.3) is 0 Å². The maximum Gasteiger partial charge on any atom is 0.472 e. The highest BCUT2D eigenvalue weighted by atomic mass is 31.2. The minimum atomic E-state index is -4.97. The molecule has 0 radical (unpaired) electrons. The van der Waals surface area contributed by atoms with Crippen LogP contribution in [0.1, 0.15) is 459 Å². The second kappa shape index (κ2) is 77.0. The topological polar surface area (TPSA) is 237 Å². The summed E-state index contributed by atoms with van der Waals surface area (Å²) in [7, 11) is -9.93. The first-order valence-electron chi connectivity index (χ1n) is 44.9. The van der Waals surface area contributed by atoms with Gasteiger partial charge in [-0.1, -0.05) is 408 Å². The van der Waals surface area contributed by atoms with Crippen molar-refractivity contribution in [2.45, 2.75) is 478 Å². The molecule has 0 saturated heterocycles. The molecular weight excluding hydrogens is 1380 g/mol. The molecule has 0 rings (SSSR count). The average molecular weight is 1550 g/mol. The summed E-state index contributed by atoms with van der Waals surface area (Å²) in [5.74, 6) is 0.227. The summed E-state index contributed by atoms with van der Waals surface area (Å²) >= 11 is 0. The summed E-state index contributed by atoms with van der Waals surface area (Å²) in [5, 5.41) is 10.7. The van der Waals surface area contributed by atoms with E-state index in [1.165, 1.54) is 270 Å². The predicted octanol–water partition coefficient (Wildman–Crippen LogP) is 26.5. The van der Waals surface area contributed by atoms with Gasteiger partial charge >= 0.3 is 39.5 Å². The Morgan fingerprint density at radius 3 is 0.717 bits per heavy atom. The van der Waals surface area contributed by atoms with E-state index in [4.69, 9.17) is 37.0 Å². The van der Waals surface area contributed by atoms with Crippen LogP contribution in [0.2, 0.25) is 0 Å². The molecule has 630 valence electrons. The summed E-state index contributed by atoms with van der Waals surface area (Å²) in [5.41, 5.74) is 0. The molecule has 0 aromatic rings. The number of hydrogen-bond acceptors (Lipinski definition) is 15. The van der Waals surface area contributed by atoms with Crippen LogP contribution in [0.3, 0.4) is 0 Å². The molecule has 0 heterocycles. The van der Waals surface area contributed by atoms with Crippen molar-refractivity contribution < 1.29 is 80.2 Å². The molecule has 0 aliphatic carbocycles. The van der Waals surface area contributed by atoms with Gasteiger partial charge in [-0.15, -0.1) is 0 Å². The molecule has 0 aliphatic rings. The van der Waals surface area contributed by atoms with Gasteiger partial charge < -0.3 is 33.8 Å². The van der Waals surface area contributed by atoms with Crippen LogP contribution in [-0.4, -0.2) is 96.7 Å². The number of phosphoric ester groups is 2. The lowest BCUT2D eigenvalue weighted by molar-refractivity contribution is -0.161. The normalized spacial score (nSPS) is 14.1. The van der Waals surface area contributed by atoms with Crippen LogP contribution in [0, 0.1) is 17.8 Å².